The van der Waals surface area contributed by atoms with Crippen molar-refractivity contribution in [3.8, 4) is 0 Å². The average Bonchev–Trinajstić information content (AvgIpc) is 3.28. The first kappa shape index (κ1) is 23.4. The molecule has 0 aliphatic heterocycles. The Morgan fingerprint density at radius 2 is 1.81 bits per heavy atom. The molecule has 0 saturated heterocycles. The van der Waals surface area contributed by atoms with Crippen LogP contribution in [0.15, 0.2) is 60.3 Å². The van der Waals surface area contributed by atoms with Gasteiger partial charge in [-0.1, -0.05) is 0 Å². The first-order valence-electron chi connectivity index (χ1n) is 9.58. The Morgan fingerprint density at radius 3 is 2.41 bits per heavy atom. The largest absolute Gasteiger partial charge is 1.00 e. The Morgan fingerprint density at radius 1 is 1.07 bits per heavy atom. The second-order valence-electron chi connectivity index (χ2n) is 7.97. The van der Waals surface area contributed by atoms with Gasteiger partial charge in [-0.15, -0.1) is 0 Å². The maximum absolute atomic E-state index is 2.59. The molecular weight excluding hydrogens is 470 g/mol. The van der Waals surface area contributed by atoms with Crippen LogP contribution in [0, 0.1) is 5.92 Å². The molecule has 1 heterocycles. The summed E-state index contributed by atoms with van der Waals surface area (Å²) in [6, 6.07) is 4.57. The fraction of sp³-hybridized carbons (Fsp3) is 0.478. The Bertz CT molecular complexity index is 827. The monoisotopic (exact) mass is 496 g/mol. The molecule has 27 heavy (non-hydrogen) atoms. The smallest absolute Gasteiger partial charge is 1.00 e. The summed E-state index contributed by atoms with van der Waals surface area (Å²) in [5.74, 6) is 1.39. The van der Waals surface area contributed by atoms with Gasteiger partial charge < -0.3 is 24.8 Å². The van der Waals surface area contributed by atoms with Crippen LogP contribution in [-0.4, -0.2) is 0 Å². The van der Waals surface area contributed by atoms with Gasteiger partial charge in [-0.3, -0.25) is 0 Å². The summed E-state index contributed by atoms with van der Waals surface area (Å²) in [4.78, 5) is 1.58. The first-order valence-corrected chi connectivity index (χ1v) is 13.1. The van der Waals surface area contributed by atoms with Crippen LogP contribution in [0.25, 0.3) is 0 Å². The third-order valence-corrected chi connectivity index (χ3v) is 13.1. The van der Waals surface area contributed by atoms with Crippen molar-refractivity contribution >= 4 is 11.3 Å². The number of allylic oxidation sites excluding steroid dienone is 8. The van der Waals surface area contributed by atoms with E-state index in [-0.39, 0.29) is 24.8 Å². The molecule has 0 aromatic carbocycles. The fourth-order valence-corrected chi connectivity index (χ4v) is 10.6. The maximum Gasteiger partial charge on any atom is -1.00 e. The minimum atomic E-state index is -0.622. The van der Waals surface area contributed by atoms with E-state index >= 15 is 0 Å². The molecule has 3 atom stereocenters. The molecule has 0 bridgehead atoms. The Kier molecular flexibility index (Phi) is 8.05. The van der Waals surface area contributed by atoms with Crippen LogP contribution < -0.4 is 24.8 Å². The van der Waals surface area contributed by atoms with E-state index in [1.807, 2.05) is 20.2 Å². The summed E-state index contributed by atoms with van der Waals surface area (Å²) in [6.45, 7) is 11.9. The van der Waals surface area contributed by atoms with Crippen LogP contribution in [0.2, 0.25) is 3.63 Å². The third kappa shape index (κ3) is 4.07. The van der Waals surface area contributed by atoms with Crippen LogP contribution in [0.3, 0.4) is 0 Å². The Balaban J connectivity index is 0.00000131. The molecule has 144 valence electrons. The van der Waals surface area contributed by atoms with Crippen molar-refractivity contribution < 1.29 is 48.0 Å². The van der Waals surface area contributed by atoms with E-state index in [1.165, 1.54) is 19.3 Å². The molecule has 0 fully saturated rings. The number of rotatable bonds is 3. The number of halogens is 2. The minimum absolute atomic E-state index is 0. The molecular formula is C23H28Cl2SZr. The molecule has 3 aliphatic rings. The van der Waals surface area contributed by atoms with Gasteiger partial charge in [-0.25, -0.2) is 0 Å². The second kappa shape index (κ2) is 9.29. The van der Waals surface area contributed by atoms with Crippen LogP contribution in [0.1, 0.15) is 64.7 Å². The molecule has 4 rings (SSSR count). The molecule has 0 radical (unpaired) electrons. The van der Waals surface area contributed by atoms with Crippen molar-refractivity contribution in [2.75, 3.05) is 0 Å². The van der Waals surface area contributed by atoms with Crippen molar-refractivity contribution in [2.45, 2.75) is 63.4 Å². The molecule has 0 N–H and O–H groups in total. The molecule has 1 aromatic heterocycles. The maximum atomic E-state index is 2.59. The summed E-state index contributed by atoms with van der Waals surface area (Å²) >= 11 is 1.33. The van der Waals surface area contributed by atoms with Gasteiger partial charge in [0, 0.05) is 0 Å². The topological polar surface area (TPSA) is 0 Å². The Labute approximate surface area is 192 Å². The van der Waals surface area contributed by atoms with Crippen LogP contribution in [-0.2, 0) is 23.2 Å². The summed E-state index contributed by atoms with van der Waals surface area (Å²) in [7, 11) is 0. The molecule has 0 amide bonds. The van der Waals surface area contributed by atoms with E-state index < -0.39 is 23.2 Å². The first-order chi connectivity index (χ1) is 12.0. The third-order valence-electron chi connectivity index (χ3n) is 6.70. The van der Waals surface area contributed by atoms with E-state index in [0.29, 0.717) is 11.8 Å². The molecule has 0 nitrogen and oxygen atoms in total. The second-order valence-corrected chi connectivity index (χ2v) is 12.4. The van der Waals surface area contributed by atoms with Gasteiger partial charge in [0.1, 0.15) is 0 Å². The SMILES string of the molecule is CC1=CC2=C(CCCC2c2cccs2)[CH]1[Zr+2][C]1=C(C)C(C)=C(C)C1C.[Cl-].[Cl-]. The van der Waals surface area contributed by atoms with Gasteiger partial charge in [0.25, 0.3) is 0 Å². The van der Waals surface area contributed by atoms with E-state index in [2.05, 4.69) is 58.2 Å². The standard InChI is InChI=1S/C14H15S.C9H13.2ClH.Zr/c1-10-8-11-4-2-5-12(13(11)9-10)14-6-3-7-15-14;1-6-5-7(2)9(4)8(6)3;;;/h3,6-9,12H,2,4-5H2,1H3;6H,1-4H3;2*1H;/q;;;;+2/p-2. The number of hydrogen-bond donors (Lipinski definition) is 0. The van der Waals surface area contributed by atoms with Crippen molar-refractivity contribution in [1.82, 2.24) is 0 Å². The molecule has 4 heteroatoms. The summed E-state index contributed by atoms with van der Waals surface area (Å²) < 4.78 is 2.69. The number of hydrogen-bond acceptors (Lipinski definition) is 1. The normalized spacial score (nSPS) is 27.1. The van der Waals surface area contributed by atoms with Gasteiger partial charge in [0.15, 0.2) is 0 Å². The molecule has 3 unspecified atom stereocenters. The van der Waals surface area contributed by atoms with Crippen molar-refractivity contribution in [1.29, 1.82) is 0 Å². The predicted molar refractivity (Wildman–Crippen MR) is 106 cm³/mol. The summed E-state index contributed by atoms with van der Waals surface area (Å²) in [5.41, 5.74) is 10.1. The summed E-state index contributed by atoms with van der Waals surface area (Å²) in [6.07, 6.45) is 6.66. The van der Waals surface area contributed by atoms with Crippen LogP contribution >= 0.6 is 11.3 Å². The zero-order valence-electron chi connectivity index (χ0n) is 16.8. The predicted octanol–water partition coefficient (Wildman–Crippen LogP) is 1.41. The quantitative estimate of drug-likeness (QED) is 0.592. The van der Waals surface area contributed by atoms with Gasteiger partial charge in [-0.2, -0.15) is 0 Å². The molecule has 1 aromatic rings. The van der Waals surface area contributed by atoms with Crippen LogP contribution in [0.5, 0.6) is 0 Å². The average molecular weight is 499 g/mol. The van der Waals surface area contributed by atoms with E-state index in [9.17, 15) is 0 Å². The minimum Gasteiger partial charge on any atom is -1.00 e. The number of thiophene rings is 1. The molecule has 0 saturated carbocycles. The molecule has 3 aliphatic carbocycles. The zero-order valence-corrected chi connectivity index (χ0v) is 21.6. The van der Waals surface area contributed by atoms with Gasteiger partial charge in [0.05, 0.1) is 0 Å². The van der Waals surface area contributed by atoms with Gasteiger partial charge in [0.2, 0.25) is 0 Å². The van der Waals surface area contributed by atoms with Crippen molar-refractivity contribution in [3.63, 3.8) is 0 Å². The van der Waals surface area contributed by atoms with E-state index in [0.717, 1.165) is 3.63 Å². The van der Waals surface area contributed by atoms with Gasteiger partial charge >= 0.3 is 169 Å². The van der Waals surface area contributed by atoms with E-state index in [4.69, 9.17) is 0 Å². The van der Waals surface area contributed by atoms with Gasteiger partial charge in [-0.05, 0) is 0 Å². The van der Waals surface area contributed by atoms with Crippen molar-refractivity contribution in [3.05, 3.63) is 65.2 Å². The van der Waals surface area contributed by atoms with Crippen LogP contribution in [0.4, 0.5) is 0 Å². The van der Waals surface area contributed by atoms with Crippen molar-refractivity contribution in [2.24, 2.45) is 5.92 Å². The summed E-state index contributed by atoms with van der Waals surface area (Å²) in [5, 5.41) is 2.25. The molecule has 0 spiro atoms. The Hall–Kier alpha value is 0.123. The zero-order chi connectivity index (χ0) is 17.7. The fourth-order valence-electron chi connectivity index (χ4n) is 4.87. The van der Waals surface area contributed by atoms with E-state index in [1.54, 1.807) is 32.7 Å².